The first-order valence-electron chi connectivity index (χ1n) is 13.3. The van der Waals surface area contributed by atoms with Gasteiger partial charge < -0.3 is 9.80 Å². The fourth-order valence-electron chi connectivity index (χ4n) is 5.08. The molecule has 1 fully saturated rings. The van der Waals surface area contributed by atoms with Crippen molar-refractivity contribution < 1.29 is 22.0 Å². The zero-order valence-corrected chi connectivity index (χ0v) is 25.0. The Bertz CT molecular complexity index is 1930. The molecule has 0 N–H and O–H groups in total. The normalized spacial score (nSPS) is 15.7. The molecule has 0 radical (unpaired) electrons. The van der Waals surface area contributed by atoms with E-state index in [4.69, 9.17) is 11.6 Å². The average molecular weight is 629 g/mol. The summed E-state index contributed by atoms with van der Waals surface area (Å²) < 4.78 is 58.4. The van der Waals surface area contributed by atoms with Gasteiger partial charge in [0.25, 0.3) is 0 Å². The standard InChI is InChI=1S/C29H27ClF2N6O4S/c1-5-24(39)36-11-12-37(17(4)15-36)27-18-13-21(32)26(25-19(30)7-6-8-20(25)31)34-28(18)38(29(40)35-27)22-14-33-10-9-23(22)43(41,42)16(2)3/h5-10,13-14,16-17H,1,11-12,15H2,2-4H3/t17-/m0/s1. The number of aromatic nitrogens is 4. The molecule has 5 rings (SSSR count). The summed E-state index contributed by atoms with van der Waals surface area (Å²) in [5, 5.41) is -0.910. The smallest absolute Gasteiger partial charge is 0.350 e. The summed E-state index contributed by atoms with van der Waals surface area (Å²) in [6, 6.07) is 5.79. The number of hydrogen-bond donors (Lipinski definition) is 0. The van der Waals surface area contributed by atoms with Crippen LogP contribution in [0.4, 0.5) is 14.6 Å². The van der Waals surface area contributed by atoms with E-state index >= 15 is 4.39 Å². The van der Waals surface area contributed by atoms with Crippen LogP contribution in [0.1, 0.15) is 20.8 Å². The molecule has 1 saturated heterocycles. The summed E-state index contributed by atoms with van der Waals surface area (Å²) >= 11 is 6.25. The fraction of sp³-hybridized carbons (Fsp3) is 0.276. The fourth-order valence-corrected chi connectivity index (χ4v) is 6.52. The molecule has 1 atom stereocenters. The van der Waals surface area contributed by atoms with E-state index in [0.29, 0.717) is 0 Å². The zero-order chi connectivity index (χ0) is 31.2. The summed E-state index contributed by atoms with van der Waals surface area (Å²) in [5.41, 5.74) is -2.06. The average Bonchev–Trinajstić information content (AvgIpc) is 2.96. The van der Waals surface area contributed by atoms with Crippen LogP contribution in [0.25, 0.3) is 28.0 Å². The Balaban J connectivity index is 1.84. The van der Waals surface area contributed by atoms with Crippen LogP contribution in [0.2, 0.25) is 5.02 Å². The maximum atomic E-state index is 15.8. The molecule has 1 aliphatic heterocycles. The molecule has 0 spiro atoms. The third kappa shape index (κ3) is 5.27. The van der Waals surface area contributed by atoms with Crippen molar-refractivity contribution in [3.63, 3.8) is 0 Å². The number of amides is 1. The Morgan fingerprint density at radius 3 is 2.56 bits per heavy atom. The van der Waals surface area contributed by atoms with Gasteiger partial charge in [-0.15, -0.1) is 0 Å². The van der Waals surface area contributed by atoms with Gasteiger partial charge in [0.15, 0.2) is 21.3 Å². The van der Waals surface area contributed by atoms with Crippen LogP contribution in [0.5, 0.6) is 0 Å². The number of anilines is 1. The molecule has 10 nitrogen and oxygen atoms in total. The number of pyridine rings is 2. The van der Waals surface area contributed by atoms with Crippen LogP contribution in [0.3, 0.4) is 0 Å². The Morgan fingerprint density at radius 1 is 1.16 bits per heavy atom. The van der Waals surface area contributed by atoms with E-state index in [1.165, 1.54) is 50.5 Å². The van der Waals surface area contributed by atoms with Gasteiger partial charge in [-0.1, -0.05) is 24.2 Å². The minimum atomic E-state index is -3.95. The molecule has 1 aromatic carbocycles. The number of sulfone groups is 1. The van der Waals surface area contributed by atoms with Gasteiger partial charge in [-0.25, -0.2) is 31.5 Å². The van der Waals surface area contributed by atoms with Gasteiger partial charge in [0, 0.05) is 31.9 Å². The second-order valence-corrected chi connectivity index (χ2v) is 13.2. The molecule has 3 aromatic heterocycles. The highest BCUT2D eigenvalue weighted by Gasteiger charge is 2.32. The quantitative estimate of drug-likeness (QED) is 0.292. The number of nitrogens with zero attached hydrogens (tertiary/aromatic N) is 6. The predicted molar refractivity (Wildman–Crippen MR) is 159 cm³/mol. The van der Waals surface area contributed by atoms with Crippen LogP contribution in [-0.2, 0) is 14.6 Å². The predicted octanol–water partition coefficient (Wildman–Crippen LogP) is 4.18. The van der Waals surface area contributed by atoms with E-state index < -0.39 is 38.1 Å². The van der Waals surface area contributed by atoms with Crippen LogP contribution >= 0.6 is 11.6 Å². The Morgan fingerprint density at radius 2 is 1.91 bits per heavy atom. The van der Waals surface area contributed by atoms with Crippen molar-refractivity contribution in [1.82, 2.24) is 24.4 Å². The number of halogens is 3. The minimum Gasteiger partial charge on any atom is -0.350 e. The number of fused-ring (bicyclic) bond motifs is 1. The van der Waals surface area contributed by atoms with E-state index in [2.05, 4.69) is 21.5 Å². The van der Waals surface area contributed by atoms with Crippen molar-refractivity contribution in [3.05, 3.63) is 82.5 Å². The zero-order valence-electron chi connectivity index (χ0n) is 23.5. The summed E-state index contributed by atoms with van der Waals surface area (Å²) in [4.78, 5) is 41.9. The number of rotatable bonds is 6. The van der Waals surface area contributed by atoms with Gasteiger partial charge >= 0.3 is 5.69 Å². The molecule has 43 heavy (non-hydrogen) atoms. The number of benzene rings is 1. The summed E-state index contributed by atoms with van der Waals surface area (Å²) in [6.45, 7) is 9.12. The highest BCUT2D eigenvalue weighted by atomic mass is 35.5. The first-order valence-corrected chi connectivity index (χ1v) is 15.2. The lowest BCUT2D eigenvalue weighted by molar-refractivity contribution is -0.126. The van der Waals surface area contributed by atoms with Crippen molar-refractivity contribution in [3.8, 4) is 16.9 Å². The number of hydrogen-bond acceptors (Lipinski definition) is 8. The highest BCUT2D eigenvalue weighted by Crippen LogP contribution is 2.36. The molecule has 224 valence electrons. The van der Waals surface area contributed by atoms with E-state index in [-0.39, 0.29) is 69.6 Å². The summed E-state index contributed by atoms with van der Waals surface area (Å²) in [5.74, 6) is -1.97. The molecular weight excluding hydrogens is 602 g/mol. The van der Waals surface area contributed by atoms with Crippen molar-refractivity contribution in [1.29, 1.82) is 0 Å². The first kappa shape index (κ1) is 30.2. The van der Waals surface area contributed by atoms with Crippen LogP contribution < -0.4 is 10.6 Å². The van der Waals surface area contributed by atoms with E-state index in [9.17, 15) is 22.4 Å². The Labute approximate surface area is 251 Å². The molecule has 0 saturated carbocycles. The van der Waals surface area contributed by atoms with Crippen molar-refractivity contribution in [2.24, 2.45) is 0 Å². The van der Waals surface area contributed by atoms with E-state index in [1.54, 1.807) is 9.80 Å². The number of piperazine rings is 1. The maximum absolute atomic E-state index is 15.8. The monoisotopic (exact) mass is 628 g/mol. The molecule has 0 unspecified atom stereocenters. The lowest BCUT2D eigenvalue weighted by Gasteiger charge is -2.40. The summed E-state index contributed by atoms with van der Waals surface area (Å²) in [7, 11) is -3.95. The molecule has 0 aliphatic carbocycles. The largest absolute Gasteiger partial charge is 0.355 e. The molecule has 1 aliphatic rings. The lowest BCUT2D eigenvalue weighted by Crippen LogP contribution is -2.54. The molecule has 0 bridgehead atoms. The minimum absolute atomic E-state index is 0.0559. The second kappa shape index (κ2) is 11.5. The van der Waals surface area contributed by atoms with Crippen LogP contribution in [0, 0.1) is 11.6 Å². The van der Waals surface area contributed by atoms with E-state index in [0.717, 1.165) is 16.7 Å². The lowest BCUT2D eigenvalue weighted by atomic mass is 10.1. The second-order valence-electron chi connectivity index (χ2n) is 10.3. The number of carbonyl (C=O) groups is 1. The van der Waals surface area contributed by atoms with Crippen molar-refractivity contribution >= 4 is 44.2 Å². The van der Waals surface area contributed by atoms with Gasteiger partial charge in [-0.05, 0) is 51.1 Å². The van der Waals surface area contributed by atoms with Gasteiger partial charge in [-0.2, -0.15) is 4.98 Å². The highest BCUT2D eigenvalue weighted by molar-refractivity contribution is 7.92. The molecule has 1 amide bonds. The number of carbonyl (C=O) groups excluding carboxylic acids is 1. The third-order valence-electron chi connectivity index (χ3n) is 7.32. The molecule has 4 heterocycles. The molecule has 4 aromatic rings. The van der Waals surface area contributed by atoms with Gasteiger partial charge in [-0.3, -0.25) is 9.78 Å². The van der Waals surface area contributed by atoms with Crippen LogP contribution in [0.15, 0.2) is 65.1 Å². The SMILES string of the molecule is C=CC(=O)N1CCN(c2nc(=O)n(-c3cnccc3S(=O)(=O)C(C)C)c3nc(-c4c(F)cccc4Cl)c(F)cc23)[C@@H](C)C1. The van der Waals surface area contributed by atoms with Gasteiger partial charge in [0.05, 0.1) is 38.0 Å². The maximum Gasteiger partial charge on any atom is 0.355 e. The molecule has 14 heteroatoms. The molecular formula is C29H27ClF2N6O4S. The Kier molecular flexibility index (Phi) is 8.05. The van der Waals surface area contributed by atoms with Crippen molar-refractivity contribution in [2.75, 3.05) is 24.5 Å². The topological polar surface area (TPSA) is 118 Å². The summed E-state index contributed by atoms with van der Waals surface area (Å²) in [6.07, 6.45) is 3.67. The van der Waals surface area contributed by atoms with E-state index in [1.807, 2.05) is 6.92 Å². The van der Waals surface area contributed by atoms with Gasteiger partial charge in [0.1, 0.15) is 17.3 Å². The first-order chi connectivity index (χ1) is 20.4. The van der Waals surface area contributed by atoms with Gasteiger partial charge in [0.2, 0.25) is 5.91 Å². The van der Waals surface area contributed by atoms with Crippen molar-refractivity contribution in [2.45, 2.75) is 37.0 Å². The third-order valence-corrected chi connectivity index (χ3v) is 9.83. The van der Waals surface area contributed by atoms with Crippen LogP contribution in [-0.4, -0.2) is 69.7 Å². The Hall–Kier alpha value is -4.23.